The van der Waals surface area contributed by atoms with Crippen molar-refractivity contribution in [3.63, 3.8) is 0 Å². The van der Waals surface area contributed by atoms with E-state index in [1.165, 1.54) is 28.9 Å². The van der Waals surface area contributed by atoms with Crippen LogP contribution in [-0.2, 0) is 5.41 Å². The molecule has 3 aliphatic rings. The maximum absolute atomic E-state index is 13.3. The van der Waals surface area contributed by atoms with Crippen LogP contribution in [0, 0.1) is 24.5 Å². The van der Waals surface area contributed by atoms with E-state index in [1.807, 2.05) is 6.08 Å². The number of aliphatic hydroxyl groups excluding tert-OH is 1. The van der Waals surface area contributed by atoms with Crippen molar-refractivity contribution in [1.82, 2.24) is 9.80 Å². The van der Waals surface area contributed by atoms with Crippen molar-refractivity contribution in [3.05, 3.63) is 70.8 Å². The van der Waals surface area contributed by atoms with Crippen molar-refractivity contribution in [1.29, 1.82) is 0 Å². The maximum atomic E-state index is 13.3. The first kappa shape index (κ1) is 24.4. The van der Waals surface area contributed by atoms with Gasteiger partial charge in [0.2, 0.25) is 0 Å². The molecule has 2 saturated heterocycles. The van der Waals surface area contributed by atoms with E-state index < -0.39 is 11.6 Å². The molecule has 2 fully saturated rings. The number of hydrogen-bond donors (Lipinski definition) is 2. The highest BCUT2D eigenvalue weighted by molar-refractivity contribution is 5.65. The molecule has 0 radical (unpaired) electrons. The molecule has 1 spiro atoms. The quantitative estimate of drug-likeness (QED) is 0.621. The Bertz CT molecular complexity index is 1040. The summed E-state index contributed by atoms with van der Waals surface area (Å²) in [7, 11) is 0. The fourth-order valence-electron chi connectivity index (χ4n) is 6.25. The summed E-state index contributed by atoms with van der Waals surface area (Å²) < 4.78 is 26.7. The van der Waals surface area contributed by atoms with E-state index in [9.17, 15) is 13.9 Å². The standard InChI is InChI=1S/C29H37F2N3O/c1-21-4-2-6-26-28(21)32-20-29(26)9-14-34(15-10-29)19-27(35)23-7-12-33(13-8-23)11-3-5-22-16-24(30)18-25(31)17-22/h2-6,16-18,23,27,32,35H,7-15,19-20H2,1H3/b5-3+. The van der Waals surface area contributed by atoms with Crippen LogP contribution < -0.4 is 5.32 Å². The largest absolute Gasteiger partial charge is 0.392 e. The molecule has 1 unspecified atom stereocenters. The fourth-order valence-corrected chi connectivity index (χ4v) is 6.25. The number of anilines is 1. The normalized spacial score (nSPS) is 21.9. The molecule has 0 bridgehead atoms. The number of aliphatic hydroxyl groups is 1. The number of piperidine rings is 2. The van der Waals surface area contributed by atoms with Crippen molar-refractivity contribution < 1.29 is 13.9 Å². The lowest BCUT2D eigenvalue weighted by atomic mass is 9.74. The summed E-state index contributed by atoms with van der Waals surface area (Å²) in [4.78, 5) is 4.80. The highest BCUT2D eigenvalue weighted by atomic mass is 19.1. The highest BCUT2D eigenvalue weighted by Gasteiger charge is 2.42. The van der Waals surface area contributed by atoms with E-state index in [4.69, 9.17) is 0 Å². The van der Waals surface area contributed by atoms with Gasteiger partial charge in [-0.15, -0.1) is 0 Å². The van der Waals surface area contributed by atoms with E-state index >= 15 is 0 Å². The van der Waals surface area contributed by atoms with E-state index in [0.717, 1.165) is 77.6 Å². The summed E-state index contributed by atoms with van der Waals surface area (Å²) >= 11 is 0. The molecule has 1 atom stereocenters. The first-order valence-electron chi connectivity index (χ1n) is 13.0. The van der Waals surface area contributed by atoms with Crippen LogP contribution in [-0.4, -0.2) is 66.8 Å². The fraction of sp³-hybridized carbons (Fsp3) is 0.517. The molecule has 2 aromatic carbocycles. The number of β-amino-alcohol motifs (C(OH)–C–C–N with tert-alkyl or cyclic N) is 1. The van der Waals surface area contributed by atoms with E-state index in [-0.39, 0.29) is 11.5 Å². The minimum Gasteiger partial charge on any atom is -0.392 e. The second-order valence-corrected chi connectivity index (χ2v) is 10.7. The van der Waals surface area contributed by atoms with Gasteiger partial charge in [0, 0.05) is 36.8 Å². The van der Waals surface area contributed by atoms with Crippen LogP contribution >= 0.6 is 0 Å². The summed E-state index contributed by atoms with van der Waals surface area (Å²) in [6.45, 7) is 8.69. The van der Waals surface area contributed by atoms with Gasteiger partial charge in [-0.3, -0.25) is 4.90 Å². The third kappa shape index (κ3) is 5.45. The lowest BCUT2D eigenvalue weighted by Crippen LogP contribution is -2.48. The summed E-state index contributed by atoms with van der Waals surface area (Å²) in [5, 5.41) is 14.6. The Labute approximate surface area is 207 Å². The van der Waals surface area contributed by atoms with Gasteiger partial charge in [0.25, 0.3) is 0 Å². The van der Waals surface area contributed by atoms with Crippen molar-refractivity contribution in [2.75, 3.05) is 51.1 Å². The Hall–Kier alpha value is -2.28. The molecule has 3 heterocycles. The predicted octanol–water partition coefficient (Wildman–Crippen LogP) is 4.82. The Morgan fingerprint density at radius 1 is 1.06 bits per heavy atom. The van der Waals surface area contributed by atoms with Gasteiger partial charge in [-0.25, -0.2) is 8.78 Å². The van der Waals surface area contributed by atoms with Crippen LogP contribution in [0.15, 0.2) is 42.5 Å². The number of aryl methyl sites for hydroxylation is 1. The monoisotopic (exact) mass is 481 g/mol. The molecule has 0 amide bonds. The van der Waals surface area contributed by atoms with E-state index in [0.29, 0.717) is 11.5 Å². The number of rotatable bonds is 6. The van der Waals surface area contributed by atoms with Gasteiger partial charge >= 0.3 is 0 Å². The molecule has 3 aliphatic heterocycles. The molecule has 0 saturated carbocycles. The number of nitrogens with zero attached hydrogens (tertiary/aromatic N) is 2. The number of likely N-dealkylation sites (tertiary alicyclic amines) is 2. The molecular weight excluding hydrogens is 444 g/mol. The number of fused-ring (bicyclic) bond motifs is 2. The predicted molar refractivity (Wildman–Crippen MR) is 138 cm³/mol. The van der Waals surface area contributed by atoms with Crippen LogP contribution in [0.1, 0.15) is 42.4 Å². The summed E-state index contributed by atoms with van der Waals surface area (Å²) in [6, 6.07) is 10.2. The zero-order valence-electron chi connectivity index (χ0n) is 20.6. The SMILES string of the molecule is Cc1cccc2c1NCC21CCN(CC(O)C2CCN(C/C=C/c3cc(F)cc(F)c3)CC2)CC1. The maximum Gasteiger partial charge on any atom is 0.126 e. The molecule has 188 valence electrons. The number of halogens is 2. The number of hydrogen-bond acceptors (Lipinski definition) is 4. The molecule has 0 aromatic heterocycles. The molecular formula is C29H37F2N3O. The van der Waals surface area contributed by atoms with Crippen LogP contribution in [0.3, 0.4) is 0 Å². The lowest BCUT2D eigenvalue weighted by molar-refractivity contribution is 0.0229. The third-order valence-electron chi connectivity index (χ3n) is 8.44. The first-order valence-corrected chi connectivity index (χ1v) is 13.0. The van der Waals surface area contributed by atoms with Gasteiger partial charge in [-0.2, -0.15) is 0 Å². The lowest BCUT2D eigenvalue weighted by Gasteiger charge is -2.41. The summed E-state index contributed by atoms with van der Waals surface area (Å²) in [5.74, 6) is -0.772. The van der Waals surface area contributed by atoms with Crippen LogP contribution in [0.2, 0.25) is 0 Å². The summed E-state index contributed by atoms with van der Waals surface area (Å²) in [6.07, 6.45) is 7.71. The molecule has 0 aliphatic carbocycles. The van der Waals surface area contributed by atoms with E-state index in [1.54, 1.807) is 6.08 Å². The molecule has 5 rings (SSSR count). The van der Waals surface area contributed by atoms with Gasteiger partial charge in [0.15, 0.2) is 0 Å². The van der Waals surface area contributed by atoms with Crippen molar-refractivity contribution in [3.8, 4) is 0 Å². The van der Waals surface area contributed by atoms with Crippen molar-refractivity contribution in [2.45, 2.75) is 44.1 Å². The second kappa shape index (κ2) is 10.4. The number of benzene rings is 2. The topological polar surface area (TPSA) is 38.7 Å². The smallest absolute Gasteiger partial charge is 0.126 e. The average Bonchev–Trinajstić information content (AvgIpc) is 3.20. The number of nitrogens with one attached hydrogen (secondary N) is 1. The summed E-state index contributed by atoms with van der Waals surface area (Å²) in [5.41, 5.74) is 4.95. The zero-order chi connectivity index (χ0) is 24.4. The Kier molecular flexibility index (Phi) is 7.24. The Morgan fingerprint density at radius 3 is 2.49 bits per heavy atom. The molecule has 4 nitrogen and oxygen atoms in total. The van der Waals surface area contributed by atoms with Crippen molar-refractivity contribution in [2.24, 2.45) is 5.92 Å². The third-order valence-corrected chi connectivity index (χ3v) is 8.44. The van der Waals surface area contributed by atoms with E-state index in [2.05, 4.69) is 40.2 Å². The Morgan fingerprint density at radius 2 is 1.77 bits per heavy atom. The second-order valence-electron chi connectivity index (χ2n) is 10.7. The molecule has 6 heteroatoms. The van der Waals surface area contributed by atoms with Crippen LogP contribution in [0.5, 0.6) is 0 Å². The number of para-hydroxylation sites is 1. The van der Waals surface area contributed by atoms with Gasteiger partial charge in [0.1, 0.15) is 11.6 Å². The average molecular weight is 482 g/mol. The van der Waals surface area contributed by atoms with Crippen LogP contribution in [0.4, 0.5) is 14.5 Å². The van der Waals surface area contributed by atoms with Gasteiger partial charge < -0.3 is 15.3 Å². The first-order chi connectivity index (χ1) is 16.9. The highest BCUT2D eigenvalue weighted by Crippen LogP contribution is 2.45. The van der Waals surface area contributed by atoms with Gasteiger partial charge in [-0.1, -0.05) is 30.4 Å². The molecule has 2 N–H and O–H groups in total. The van der Waals surface area contributed by atoms with Crippen molar-refractivity contribution >= 4 is 11.8 Å². The minimum absolute atomic E-state index is 0.249. The van der Waals surface area contributed by atoms with Crippen LogP contribution in [0.25, 0.3) is 6.08 Å². The molecule has 35 heavy (non-hydrogen) atoms. The zero-order valence-corrected chi connectivity index (χ0v) is 20.6. The van der Waals surface area contributed by atoms with Gasteiger partial charge in [0.05, 0.1) is 6.10 Å². The Balaban J connectivity index is 1.06. The van der Waals surface area contributed by atoms with Gasteiger partial charge in [-0.05, 0) is 93.5 Å². The molecule has 2 aromatic rings. The minimum atomic E-state index is -0.553.